The number of imidazole rings is 1. The maximum absolute atomic E-state index is 12.7. The highest BCUT2D eigenvalue weighted by Gasteiger charge is 2.37. The van der Waals surface area contributed by atoms with Crippen molar-refractivity contribution in [3.05, 3.63) is 18.7 Å². The minimum absolute atomic E-state index is 0.00160. The van der Waals surface area contributed by atoms with Gasteiger partial charge in [-0.05, 0) is 31.7 Å². The molecule has 0 aliphatic carbocycles. The summed E-state index contributed by atoms with van der Waals surface area (Å²) in [5.74, 6) is 0.162. The van der Waals surface area contributed by atoms with Crippen molar-refractivity contribution in [1.29, 1.82) is 0 Å². The third kappa shape index (κ3) is 4.06. The molecule has 118 valence electrons. The number of carbonyl (C=O) groups is 1. The summed E-state index contributed by atoms with van der Waals surface area (Å²) in [7, 11) is 0. The molecule has 1 aliphatic heterocycles. The minimum Gasteiger partial charge on any atom is -0.351 e. The van der Waals surface area contributed by atoms with Crippen LogP contribution >= 0.6 is 0 Å². The Morgan fingerprint density at radius 2 is 2.29 bits per heavy atom. The van der Waals surface area contributed by atoms with Crippen molar-refractivity contribution in [3.63, 3.8) is 0 Å². The summed E-state index contributed by atoms with van der Waals surface area (Å²) in [4.78, 5) is 16.8. The first-order valence-electron chi connectivity index (χ1n) is 7.79. The van der Waals surface area contributed by atoms with Crippen LogP contribution in [0, 0.1) is 10.8 Å². The van der Waals surface area contributed by atoms with E-state index in [9.17, 15) is 4.79 Å². The van der Waals surface area contributed by atoms with Crippen LogP contribution in [0.5, 0.6) is 0 Å². The first-order chi connectivity index (χ1) is 9.81. The van der Waals surface area contributed by atoms with Crippen LogP contribution < -0.4 is 10.6 Å². The van der Waals surface area contributed by atoms with E-state index in [1.54, 1.807) is 12.5 Å². The summed E-state index contributed by atoms with van der Waals surface area (Å²) in [5, 5.41) is 6.62. The second-order valence-corrected chi connectivity index (χ2v) is 7.49. The number of nitrogens with one attached hydrogen (secondary N) is 2. The molecular formula is C16H28N4O. The molecule has 2 heterocycles. The third-order valence-corrected chi connectivity index (χ3v) is 4.45. The van der Waals surface area contributed by atoms with E-state index in [0.717, 1.165) is 32.5 Å². The fourth-order valence-electron chi connectivity index (χ4n) is 2.72. The first-order valence-corrected chi connectivity index (χ1v) is 7.79. The molecular weight excluding hydrogens is 264 g/mol. The summed E-state index contributed by atoms with van der Waals surface area (Å²) in [6, 6.07) is 0.0814. The number of aromatic nitrogens is 2. The monoisotopic (exact) mass is 292 g/mol. The van der Waals surface area contributed by atoms with Gasteiger partial charge in [-0.1, -0.05) is 20.8 Å². The fraction of sp³-hybridized carbons (Fsp3) is 0.750. The Balaban J connectivity index is 2.06. The van der Waals surface area contributed by atoms with Crippen LogP contribution in [0.2, 0.25) is 0 Å². The first kappa shape index (κ1) is 16.0. The summed E-state index contributed by atoms with van der Waals surface area (Å²) < 4.78 is 2.03. The molecule has 0 aromatic carbocycles. The largest absolute Gasteiger partial charge is 0.351 e. The lowest BCUT2D eigenvalue weighted by Crippen LogP contribution is -2.54. The third-order valence-electron chi connectivity index (χ3n) is 4.45. The summed E-state index contributed by atoms with van der Waals surface area (Å²) in [6.07, 6.45) is 7.52. The molecule has 1 saturated heterocycles. The molecule has 2 N–H and O–H groups in total. The molecule has 1 amide bonds. The minimum atomic E-state index is -0.295. The number of hydrogen-bond donors (Lipinski definition) is 2. The molecule has 2 rings (SSSR count). The van der Waals surface area contributed by atoms with Gasteiger partial charge in [-0.2, -0.15) is 0 Å². The smallest absolute Gasteiger partial charge is 0.227 e. The highest BCUT2D eigenvalue weighted by atomic mass is 16.2. The van der Waals surface area contributed by atoms with Gasteiger partial charge in [-0.25, -0.2) is 4.98 Å². The van der Waals surface area contributed by atoms with E-state index in [4.69, 9.17) is 0 Å². The van der Waals surface area contributed by atoms with Crippen LogP contribution in [-0.4, -0.2) is 34.6 Å². The number of piperidine rings is 1. The molecule has 0 spiro atoms. The van der Waals surface area contributed by atoms with Crippen LogP contribution in [-0.2, 0) is 11.3 Å². The van der Waals surface area contributed by atoms with E-state index in [1.165, 1.54) is 0 Å². The normalized spacial score (nSPS) is 24.6. The van der Waals surface area contributed by atoms with Crippen molar-refractivity contribution >= 4 is 5.91 Å². The van der Waals surface area contributed by atoms with E-state index in [2.05, 4.69) is 43.3 Å². The van der Waals surface area contributed by atoms with Crippen molar-refractivity contribution in [2.45, 2.75) is 53.1 Å². The zero-order valence-electron chi connectivity index (χ0n) is 13.6. The van der Waals surface area contributed by atoms with Gasteiger partial charge in [0, 0.05) is 25.5 Å². The molecule has 21 heavy (non-hydrogen) atoms. The van der Waals surface area contributed by atoms with E-state index in [0.29, 0.717) is 0 Å². The lowest BCUT2D eigenvalue weighted by molar-refractivity contribution is -0.132. The maximum atomic E-state index is 12.7. The molecule has 1 aromatic rings. The highest BCUT2D eigenvalue weighted by molar-refractivity contribution is 5.83. The van der Waals surface area contributed by atoms with Gasteiger partial charge in [-0.15, -0.1) is 0 Å². The van der Waals surface area contributed by atoms with Crippen molar-refractivity contribution in [1.82, 2.24) is 20.2 Å². The number of rotatable bonds is 4. The molecule has 1 aliphatic rings. The summed E-state index contributed by atoms with van der Waals surface area (Å²) >= 11 is 0. The lowest BCUT2D eigenvalue weighted by Gasteiger charge is -2.38. The Bertz CT molecular complexity index is 455. The van der Waals surface area contributed by atoms with Crippen molar-refractivity contribution in [2.24, 2.45) is 10.8 Å². The molecule has 2 unspecified atom stereocenters. The second-order valence-electron chi connectivity index (χ2n) is 7.49. The summed E-state index contributed by atoms with van der Waals surface area (Å²) in [6.45, 7) is 11.1. The van der Waals surface area contributed by atoms with E-state index in [-0.39, 0.29) is 22.8 Å². The number of amides is 1. The molecule has 0 radical (unpaired) electrons. The molecule has 2 atom stereocenters. The standard InChI is InChI=1S/C16H28N4O/c1-15(2,3)13(10-20-9-8-18-12-20)19-14(21)16(4)6-5-7-17-11-16/h8-9,12-13,17H,5-7,10-11H2,1-4H3,(H,19,21). The van der Waals surface area contributed by atoms with Crippen LogP contribution in [0.25, 0.3) is 0 Å². The molecule has 5 heteroatoms. The van der Waals surface area contributed by atoms with Crippen LogP contribution in [0.3, 0.4) is 0 Å². The molecule has 0 saturated carbocycles. The van der Waals surface area contributed by atoms with E-state index >= 15 is 0 Å². The number of hydrogen-bond acceptors (Lipinski definition) is 3. The van der Waals surface area contributed by atoms with Gasteiger partial charge in [0.25, 0.3) is 0 Å². The van der Waals surface area contributed by atoms with Crippen molar-refractivity contribution in [3.8, 4) is 0 Å². The Kier molecular flexibility index (Phi) is 4.71. The maximum Gasteiger partial charge on any atom is 0.227 e. The Hall–Kier alpha value is -1.36. The topological polar surface area (TPSA) is 59.0 Å². The van der Waals surface area contributed by atoms with Gasteiger partial charge in [-0.3, -0.25) is 4.79 Å². The van der Waals surface area contributed by atoms with Crippen LogP contribution in [0.15, 0.2) is 18.7 Å². The lowest BCUT2D eigenvalue weighted by atomic mass is 9.80. The van der Waals surface area contributed by atoms with Crippen molar-refractivity contribution < 1.29 is 4.79 Å². The molecule has 0 bridgehead atoms. The zero-order valence-corrected chi connectivity index (χ0v) is 13.6. The van der Waals surface area contributed by atoms with Crippen LogP contribution in [0.4, 0.5) is 0 Å². The molecule has 1 aromatic heterocycles. The Morgan fingerprint density at radius 1 is 1.52 bits per heavy atom. The SMILES string of the molecule is CC1(C(=O)NC(Cn2ccnc2)C(C)(C)C)CCCNC1. The fourth-order valence-corrected chi connectivity index (χ4v) is 2.72. The highest BCUT2D eigenvalue weighted by Crippen LogP contribution is 2.28. The zero-order chi connectivity index (χ0) is 15.5. The Morgan fingerprint density at radius 3 is 2.81 bits per heavy atom. The number of carbonyl (C=O) groups excluding carboxylic acids is 1. The second kappa shape index (κ2) is 6.18. The van der Waals surface area contributed by atoms with Gasteiger partial charge in [0.15, 0.2) is 0 Å². The van der Waals surface area contributed by atoms with E-state index < -0.39 is 0 Å². The predicted octanol–water partition coefficient (Wildman–Crippen LogP) is 1.80. The summed E-state index contributed by atoms with van der Waals surface area (Å²) in [5.41, 5.74) is -0.297. The quantitative estimate of drug-likeness (QED) is 0.889. The average molecular weight is 292 g/mol. The van der Waals surface area contributed by atoms with Gasteiger partial charge in [0.2, 0.25) is 5.91 Å². The van der Waals surface area contributed by atoms with Crippen molar-refractivity contribution in [2.75, 3.05) is 13.1 Å². The van der Waals surface area contributed by atoms with E-state index in [1.807, 2.05) is 10.8 Å². The van der Waals surface area contributed by atoms with Gasteiger partial charge < -0.3 is 15.2 Å². The molecule has 5 nitrogen and oxygen atoms in total. The predicted molar refractivity (Wildman–Crippen MR) is 83.8 cm³/mol. The Labute approximate surface area is 127 Å². The van der Waals surface area contributed by atoms with Gasteiger partial charge in [0.1, 0.15) is 0 Å². The molecule has 1 fully saturated rings. The average Bonchev–Trinajstić information content (AvgIpc) is 2.90. The van der Waals surface area contributed by atoms with Crippen LogP contribution in [0.1, 0.15) is 40.5 Å². The number of nitrogens with zero attached hydrogens (tertiary/aromatic N) is 2. The van der Waals surface area contributed by atoms with Gasteiger partial charge >= 0.3 is 0 Å². The van der Waals surface area contributed by atoms with Gasteiger partial charge in [0.05, 0.1) is 17.8 Å².